The van der Waals surface area contributed by atoms with Crippen molar-refractivity contribution >= 4 is 5.91 Å². The summed E-state index contributed by atoms with van der Waals surface area (Å²) < 4.78 is 15.4. The van der Waals surface area contributed by atoms with Gasteiger partial charge in [-0.3, -0.25) is 4.79 Å². The van der Waals surface area contributed by atoms with E-state index in [1.54, 1.807) is 25.1 Å². The maximum absolute atomic E-state index is 13.9. The highest BCUT2D eigenvalue weighted by molar-refractivity contribution is 5.95. The van der Waals surface area contributed by atoms with Crippen LogP contribution in [0.3, 0.4) is 0 Å². The molecule has 1 aromatic carbocycles. The standard InChI is InChI=1S/C17H21FN4O/c1-3-20-8-10-21(11-9-20)17(23)14-12-19-22(13(14)2)16-7-5-4-6-15(16)18/h4-7,12H,3,8-11H2,1-2H3. The number of piperazine rings is 1. The van der Waals surface area contributed by atoms with Gasteiger partial charge in [-0.05, 0) is 25.6 Å². The summed E-state index contributed by atoms with van der Waals surface area (Å²) in [5.41, 5.74) is 1.57. The normalized spacial score (nSPS) is 15.9. The van der Waals surface area contributed by atoms with Gasteiger partial charge in [-0.2, -0.15) is 5.10 Å². The van der Waals surface area contributed by atoms with E-state index in [1.165, 1.54) is 16.9 Å². The molecule has 23 heavy (non-hydrogen) atoms. The molecule has 0 saturated carbocycles. The lowest BCUT2D eigenvalue weighted by molar-refractivity contribution is 0.0642. The van der Waals surface area contributed by atoms with Crippen LogP contribution in [0, 0.1) is 12.7 Å². The quantitative estimate of drug-likeness (QED) is 0.871. The molecule has 1 aliphatic heterocycles. The smallest absolute Gasteiger partial charge is 0.257 e. The minimum Gasteiger partial charge on any atom is -0.336 e. The Morgan fingerprint density at radius 3 is 2.57 bits per heavy atom. The van der Waals surface area contributed by atoms with Crippen LogP contribution in [0.1, 0.15) is 23.0 Å². The number of amides is 1. The summed E-state index contributed by atoms with van der Waals surface area (Å²) in [5, 5.41) is 4.21. The fraction of sp³-hybridized carbons (Fsp3) is 0.412. The summed E-state index contributed by atoms with van der Waals surface area (Å²) in [6.07, 6.45) is 1.54. The molecule has 1 saturated heterocycles. The fourth-order valence-corrected chi connectivity index (χ4v) is 2.92. The molecule has 5 nitrogen and oxygen atoms in total. The fourth-order valence-electron chi connectivity index (χ4n) is 2.92. The molecule has 1 aliphatic rings. The average Bonchev–Trinajstić information content (AvgIpc) is 2.96. The molecular formula is C17H21FN4O. The van der Waals surface area contributed by atoms with Gasteiger partial charge in [0.2, 0.25) is 0 Å². The van der Waals surface area contributed by atoms with Gasteiger partial charge in [0.1, 0.15) is 11.5 Å². The Morgan fingerprint density at radius 1 is 1.22 bits per heavy atom. The summed E-state index contributed by atoms with van der Waals surface area (Å²) in [6.45, 7) is 8.15. The van der Waals surface area contributed by atoms with E-state index in [0.717, 1.165) is 32.7 Å². The number of hydrogen-bond acceptors (Lipinski definition) is 3. The second kappa shape index (κ2) is 6.50. The Bertz CT molecular complexity index is 704. The highest BCUT2D eigenvalue weighted by Crippen LogP contribution is 2.18. The zero-order valence-corrected chi connectivity index (χ0v) is 13.5. The van der Waals surface area contributed by atoms with E-state index in [2.05, 4.69) is 16.9 Å². The van der Waals surface area contributed by atoms with Crippen molar-refractivity contribution in [2.24, 2.45) is 0 Å². The van der Waals surface area contributed by atoms with Crippen molar-refractivity contribution in [2.45, 2.75) is 13.8 Å². The molecule has 1 aromatic heterocycles. The molecule has 1 fully saturated rings. The molecule has 0 radical (unpaired) electrons. The van der Waals surface area contributed by atoms with Crippen LogP contribution in [-0.2, 0) is 0 Å². The van der Waals surface area contributed by atoms with Crippen molar-refractivity contribution in [3.63, 3.8) is 0 Å². The Kier molecular flexibility index (Phi) is 4.43. The van der Waals surface area contributed by atoms with Gasteiger partial charge < -0.3 is 9.80 Å². The van der Waals surface area contributed by atoms with Gasteiger partial charge in [0.05, 0.1) is 17.5 Å². The molecule has 3 rings (SSSR count). The van der Waals surface area contributed by atoms with Crippen LogP contribution in [0.4, 0.5) is 4.39 Å². The summed E-state index contributed by atoms with van der Waals surface area (Å²) in [6, 6.07) is 6.44. The predicted molar refractivity (Wildman–Crippen MR) is 86.3 cm³/mol. The van der Waals surface area contributed by atoms with Crippen molar-refractivity contribution in [3.05, 3.63) is 47.5 Å². The largest absolute Gasteiger partial charge is 0.336 e. The van der Waals surface area contributed by atoms with Gasteiger partial charge in [-0.1, -0.05) is 19.1 Å². The molecule has 0 unspecified atom stereocenters. The second-order valence-electron chi connectivity index (χ2n) is 5.73. The van der Waals surface area contributed by atoms with Gasteiger partial charge in [0.25, 0.3) is 5.91 Å². The summed E-state index contributed by atoms with van der Waals surface area (Å²) in [4.78, 5) is 16.9. The summed E-state index contributed by atoms with van der Waals surface area (Å²) in [7, 11) is 0. The number of halogens is 1. The Balaban J connectivity index is 1.82. The molecule has 0 bridgehead atoms. The number of benzene rings is 1. The van der Waals surface area contributed by atoms with E-state index < -0.39 is 0 Å². The van der Waals surface area contributed by atoms with Gasteiger partial charge in [-0.25, -0.2) is 9.07 Å². The van der Waals surface area contributed by atoms with Crippen molar-refractivity contribution < 1.29 is 9.18 Å². The van der Waals surface area contributed by atoms with Crippen LogP contribution >= 0.6 is 0 Å². The molecular weight excluding hydrogens is 295 g/mol. The zero-order chi connectivity index (χ0) is 16.4. The molecule has 2 heterocycles. The molecule has 1 amide bonds. The minimum atomic E-state index is -0.353. The lowest BCUT2D eigenvalue weighted by Crippen LogP contribution is -2.48. The van der Waals surface area contributed by atoms with E-state index in [9.17, 15) is 9.18 Å². The molecule has 122 valence electrons. The first-order valence-corrected chi connectivity index (χ1v) is 7.93. The molecule has 0 aliphatic carbocycles. The van der Waals surface area contributed by atoms with Crippen LogP contribution in [0.2, 0.25) is 0 Å². The third-order valence-electron chi connectivity index (χ3n) is 4.43. The van der Waals surface area contributed by atoms with E-state index in [-0.39, 0.29) is 11.7 Å². The second-order valence-corrected chi connectivity index (χ2v) is 5.73. The highest BCUT2D eigenvalue weighted by atomic mass is 19.1. The number of likely N-dealkylation sites (N-methyl/N-ethyl adjacent to an activating group) is 1. The first-order valence-electron chi connectivity index (χ1n) is 7.93. The number of nitrogens with zero attached hydrogens (tertiary/aromatic N) is 4. The van der Waals surface area contributed by atoms with Crippen LogP contribution in [-0.4, -0.2) is 58.2 Å². The number of rotatable bonds is 3. The first kappa shape index (κ1) is 15.7. The number of hydrogen-bond donors (Lipinski definition) is 0. The lowest BCUT2D eigenvalue weighted by atomic mass is 10.2. The van der Waals surface area contributed by atoms with Gasteiger partial charge in [0.15, 0.2) is 0 Å². The van der Waals surface area contributed by atoms with E-state index in [1.807, 2.05) is 4.90 Å². The van der Waals surface area contributed by atoms with Crippen molar-refractivity contribution in [2.75, 3.05) is 32.7 Å². The zero-order valence-electron chi connectivity index (χ0n) is 13.5. The number of aromatic nitrogens is 2. The first-order chi connectivity index (χ1) is 11.1. The van der Waals surface area contributed by atoms with Crippen LogP contribution in [0.15, 0.2) is 30.5 Å². The summed E-state index contributed by atoms with van der Waals surface area (Å²) in [5.74, 6) is -0.380. The van der Waals surface area contributed by atoms with Crippen molar-refractivity contribution in [1.29, 1.82) is 0 Å². The minimum absolute atomic E-state index is 0.0270. The van der Waals surface area contributed by atoms with E-state index in [0.29, 0.717) is 16.9 Å². The molecule has 0 N–H and O–H groups in total. The maximum atomic E-state index is 13.9. The third kappa shape index (κ3) is 2.99. The number of para-hydroxylation sites is 1. The van der Waals surface area contributed by atoms with Crippen molar-refractivity contribution in [1.82, 2.24) is 19.6 Å². The average molecular weight is 316 g/mol. The van der Waals surface area contributed by atoms with Crippen LogP contribution in [0.5, 0.6) is 0 Å². The number of carbonyl (C=O) groups is 1. The van der Waals surface area contributed by atoms with Gasteiger partial charge in [-0.15, -0.1) is 0 Å². The lowest BCUT2D eigenvalue weighted by Gasteiger charge is -2.34. The SMILES string of the molecule is CCN1CCN(C(=O)c2cnn(-c3ccccc3F)c2C)CC1. The molecule has 0 atom stereocenters. The summed E-state index contributed by atoms with van der Waals surface area (Å²) >= 11 is 0. The van der Waals surface area contributed by atoms with Gasteiger partial charge in [0, 0.05) is 26.2 Å². The van der Waals surface area contributed by atoms with Crippen LogP contribution < -0.4 is 0 Å². The predicted octanol–water partition coefficient (Wildman–Crippen LogP) is 2.10. The Hall–Kier alpha value is -2.21. The molecule has 6 heteroatoms. The third-order valence-corrected chi connectivity index (χ3v) is 4.43. The van der Waals surface area contributed by atoms with Crippen LogP contribution in [0.25, 0.3) is 5.69 Å². The molecule has 0 spiro atoms. The topological polar surface area (TPSA) is 41.4 Å². The number of carbonyl (C=O) groups excluding carboxylic acids is 1. The Labute approximate surface area is 135 Å². The highest BCUT2D eigenvalue weighted by Gasteiger charge is 2.24. The van der Waals surface area contributed by atoms with E-state index >= 15 is 0 Å². The Morgan fingerprint density at radius 2 is 1.91 bits per heavy atom. The maximum Gasteiger partial charge on any atom is 0.257 e. The van der Waals surface area contributed by atoms with Crippen molar-refractivity contribution in [3.8, 4) is 5.69 Å². The monoisotopic (exact) mass is 316 g/mol. The molecule has 2 aromatic rings. The van der Waals surface area contributed by atoms with E-state index in [4.69, 9.17) is 0 Å². The van der Waals surface area contributed by atoms with Gasteiger partial charge >= 0.3 is 0 Å².